The Bertz CT molecular complexity index is 1760. The van der Waals surface area contributed by atoms with Gasteiger partial charge in [0.25, 0.3) is 5.91 Å². The van der Waals surface area contributed by atoms with Gasteiger partial charge in [-0.1, -0.05) is 103 Å². The molecule has 1 heterocycles. The third-order valence-corrected chi connectivity index (χ3v) is 8.02. The molecular weight excluding hydrogens is 532 g/mol. The lowest BCUT2D eigenvalue weighted by Gasteiger charge is -2.26. The number of carbonyl (C=O) groups is 2. The first kappa shape index (κ1) is 26.2. The molecule has 0 bridgehead atoms. The van der Waals surface area contributed by atoms with Gasteiger partial charge >= 0.3 is 5.97 Å². The summed E-state index contributed by atoms with van der Waals surface area (Å²) in [7, 11) is 0. The molecule has 41 heavy (non-hydrogen) atoms. The summed E-state index contributed by atoms with van der Waals surface area (Å²) in [5.74, 6) is -1.88. The van der Waals surface area contributed by atoms with E-state index < -0.39 is 23.8 Å². The monoisotopic (exact) mass is 558 g/mol. The third-order valence-electron chi connectivity index (χ3n) is 7.01. The smallest absolute Gasteiger partial charge is 0.327 e. The second-order valence-corrected chi connectivity index (χ2v) is 10.7. The molecule has 0 spiro atoms. The summed E-state index contributed by atoms with van der Waals surface area (Å²) in [5.41, 5.74) is 2.73. The van der Waals surface area contributed by atoms with Gasteiger partial charge in [0, 0.05) is 11.3 Å². The molecule has 5 aromatic carbocycles. The van der Waals surface area contributed by atoms with Crippen molar-refractivity contribution in [3.63, 3.8) is 0 Å². The van der Waals surface area contributed by atoms with E-state index >= 15 is 0 Å². The number of hydrogen-bond acceptors (Lipinski definition) is 5. The number of aliphatic carboxylic acids is 1. The number of para-hydroxylation sites is 1. The summed E-state index contributed by atoms with van der Waals surface area (Å²) in [6, 6.07) is 36.5. The highest BCUT2D eigenvalue weighted by Gasteiger charge is 2.33. The van der Waals surface area contributed by atoms with Crippen LogP contribution in [0.4, 0.5) is 0 Å². The van der Waals surface area contributed by atoms with Crippen LogP contribution in [0, 0.1) is 0 Å². The van der Waals surface area contributed by atoms with E-state index in [9.17, 15) is 14.7 Å². The van der Waals surface area contributed by atoms with E-state index in [-0.39, 0.29) is 12.2 Å². The van der Waals surface area contributed by atoms with Gasteiger partial charge in [0.05, 0.1) is 15.8 Å². The van der Waals surface area contributed by atoms with Gasteiger partial charge in [-0.2, -0.15) is 0 Å². The Labute approximate surface area is 240 Å². The summed E-state index contributed by atoms with van der Waals surface area (Å²) < 4.78 is 7.35. The third kappa shape index (κ3) is 5.53. The van der Waals surface area contributed by atoms with Crippen molar-refractivity contribution in [2.45, 2.75) is 18.6 Å². The first-order chi connectivity index (χ1) is 20.1. The van der Waals surface area contributed by atoms with Crippen molar-refractivity contribution >= 4 is 44.2 Å². The maximum Gasteiger partial charge on any atom is 0.327 e. The Morgan fingerprint density at radius 1 is 0.780 bits per heavy atom. The molecule has 202 valence electrons. The molecule has 6 nitrogen and oxygen atoms in total. The number of benzene rings is 5. The zero-order valence-electron chi connectivity index (χ0n) is 21.9. The Kier molecular flexibility index (Phi) is 7.43. The van der Waals surface area contributed by atoms with Crippen LogP contribution in [0.15, 0.2) is 121 Å². The van der Waals surface area contributed by atoms with Crippen molar-refractivity contribution in [3.8, 4) is 5.75 Å². The number of carbonyl (C=O) groups excluding carboxylic acids is 1. The van der Waals surface area contributed by atoms with Crippen LogP contribution in [0.3, 0.4) is 0 Å². The minimum Gasteiger partial charge on any atom is -0.485 e. The zero-order chi connectivity index (χ0) is 28.2. The summed E-state index contributed by atoms with van der Waals surface area (Å²) in [6.07, 6.45) is 0. The highest BCUT2D eigenvalue weighted by atomic mass is 32.1. The molecule has 0 saturated carbocycles. The van der Waals surface area contributed by atoms with E-state index in [2.05, 4.69) is 10.3 Å². The predicted octanol–water partition coefficient (Wildman–Crippen LogP) is 7.04. The number of nitrogens with zero attached hydrogens (tertiary/aromatic N) is 1. The number of amides is 1. The number of hydrogen-bond donors (Lipinski definition) is 2. The maximum absolute atomic E-state index is 13.9. The van der Waals surface area contributed by atoms with Crippen LogP contribution >= 0.6 is 11.3 Å². The van der Waals surface area contributed by atoms with Crippen molar-refractivity contribution in [1.82, 2.24) is 10.3 Å². The number of fused-ring (bicyclic) bond motifs is 2. The molecule has 7 heteroatoms. The van der Waals surface area contributed by atoms with Gasteiger partial charge in [0.2, 0.25) is 0 Å². The molecule has 1 aromatic heterocycles. The van der Waals surface area contributed by atoms with Crippen molar-refractivity contribution in [2.24, 2.45) is 0 Å². The minimum atomic E-state index is -1.23. The highest BCUT2D eigenvalue weighted by molar-refractivity contribution is 7.18. The lowest BCUT2D eigenvalue weighted by atomic mass is 9.84. The second-order valence-electron chi connectivity index (χ2n) is 9.62. The SMILES string of the molecule is O=C(NC(C(=O)O)C(c1ccccc1)c1ccccc1)c1ccc2ccccc2c1OCc1nc2ccccc2s1. The molecule has 1 amide bonds. The first-order valence-corrected chi connectivity index (χ1v) is 14.0. The Morgan fingerprint density at radius 2 is 1.41 bits per heavy atom. The summed E-state index contributed by atoms with van der Waals surface area (Å²) in [5, 5.41) is 15.6. The quantitative estimate of drug-likeness (QED) is 0.199. The van der Waals surface area contributed by atoms with Crippen LogP contribution in [0.1, 0.15) is 32.4 Å². The van der Waals surface area contributed by atoms with Crippen LogP contribution < -0.4 is 10.1 Å². The Morgan fingerprint density at radius 3 is 2.10 bits per heavy atom. The fourth-order valence-electron chi connectivity index (χ4n) is 5.10. The Balaban J connectivity index is 1.36. The van der Waals surface area contributed by atoms with E-state index in [0.29, 0.717) is 5.75 Å². The van der Waals surface area contributed by atoms with E-state index in [1.54, 1.807) is 6.07 Å². The van der Waals surface area contributed by atoms with Crippen molar-refractivity contribution in [2.75, 3.05) is 0 Å². The van der Waals surface area contributed by atoms with E-state index in [0.717, 1.165) is 37.1 Å². The summed E-state index contributed by atoms with van der Waals surface area (Å²) in [4.78, 5) is 31.2. The number of aromatic nitrogens is 1. The average Bonchev–Trinajstić information content (AvgIpc) is 3.43. The standard InChI is InChI=1S/C34H26N2O4S/c37-33(36-31(34(38)39)30(23-12-3-1-4-13-23)24-14-5-2-6-15-24)26-20-19-22-11-7-8-16-25(22)32(26)40-21-29-35-27-17-9-10-18-28(27)41-29/h1-20,30-31H,21H2,(H,36,37)(H,38,39). The molecule has 0 radical (unpaired) electrons. The van der Waals surface area contributed by atoms with Gasteiger partial charge in [0.1, 0.15) is 23.4 Å². The lowest BCUT2D eigenvalue weighted by molar-refractivity contribution is -0.139. The largest absolute Gasteiger partial charge is 0.485 e. The predicted molar refractivity (Wildman–Crippen MR) is 162 cm³/mol. The van der Waals surface area contributed by atoms with Crippen LogP contribution in [-0.2, 0) is 11.4 Å². The molecule has 0 aliphatic heterocycles. The number of rotatable bonds is 9. The van der Waals surface area contributed by atoms with Crippen molar-refractivity contribution in [1.29, 1.82) is 0 Å². The molecule has 0 aliphatic carbocycles. The zero-order valence-corrected chi connectivity index (χ0v) is 22.8. The molecule has 0 fully saturated rings. The number of ether oxygens (including phenoxy) is 1. The molecule has 0 saturated heterocycles. The molecule has 1 atom stereocenters. The van der Waals surface area contributed by atoms with Gasteiger partial charge in [0.15, 0.2) is 0 Å². The molecular formula is C34H26N2O4S. The molecule has 2 N–H and O–H groups in total. The molecule has 6 aromatic rings. The molecule has 1 unspecified atom stereocenters. The molecule has 6 rings (SSSR count). The lowest BCUT2D eigenvalue weighted by Crippen LogP contribution is -2.45. The number of carboxylic acids is 1. The number of carboxylic acid groups (broad SMARTS) is 1. The van der Waals surface area contributed by atoms with Crippen LogP contribution in [0.25, 0.3) is 21.0 Å². The van der Waals surface area contributed by atoms with Crippen molar-refractivity contribution < 1.29 is 19.4 Å². The normalized spacial score (nSPS) is 11.9. The maximum atomic E-state index is 13.9. The van der Waals surface area contributed by atoms with E-state index in [1.807, 2.05) is 115 Å². The summed E-state index contributed by atoms with van der Waals surface area (Å²) in [6.45, 7) is 0.173. The van der Waals surface area contributed by atoms with E-state index in [1.165, 1.54) is 11.3 Å². The second kappa shape index (κ2) is 11.6. The van der Waals surface area contributed by atoms with Crippen LogP contribution in [-0.4, -0.2) is 28.0 Å². The van der Waals surface area contributed by atoms with Gasteiger partial charge in [-0.3, -0.25) is 4.79 Å². The van der Waals surface area contributed by atoms with Gasteiger partial charge in [-0.05, 0) is 34.7 Å². The van der Waals surface area contributed by atoms with E-state index in [4.69, 9.17) is 4.74 Å². The van der Waals surface area contributed by atoms with Crippen molar-refractivity contribution in [3.05, 3.63) is 143 Å². The van der Waals surface area contributed by atoms with Crippen LogP contribution in [0.2, 0.25) is 0 Å². The van der Waals surface area contributed by atoms with Gasteiger partial charge in [-0.15, -0.1) is 11.3 Å². The molecule has 0 aliphatic rings. The topological polar surface area (TPSA) is 88.5 Å². The first-order valence-electron chi connectivity index (χ1n) is 13.2. The fraction of sp³-hybridized carbons (Fsp3) is 0.0882. The van der Waals surface area contributed by atoms with Crippen LogP contribution in [0.5, 0.6) is 5.75 Å². The highest BCUT2D eigenvalue weighted by Crippen LogP contribution is 2.33. The summed E-state index contributed by atoms with van der Waals surface area (Å²) >= 11 is 1.54. The fourth-order valence-corrected chi connectivity index (χ4v) is 5.98. The van der Waals surface area contributed by atoms with Gasteiger partial charge in [-0.25, -0.2) is 9.78 Å². The number of thiazole rings is 1. The Hall–Kier alpha value is -5.01. The number of nitrogens with one attached hydrogen (secondary N) is 1. The van der Waals surface area contributed by atoms with Gasteiger partial charge < -0.3 is 15.2 Å². The average molecular weight is 559 g/mol. The minimum absolute atomic E-state index is 0.173.